The summed E-state index contributed by atoms with van der Waals surface area (Å²) < 4.78 is 12.4. The number of furan rings is 1. The Labute approximate surface area is 158 Å². The first-order valence-electron chi connectivity index (χ1n) is 9.22. The minimum absolute atomic E-state index is 0.549. The molecule has 1 aromatic heterocycles. The van der Waals surface area contributed by atoms with E-state index in [1.807, 2.05) is 37.3 Å². The van der Waals surface area contributed by atoms with Crippen LogP contribution in [0.1, 0.15) is 22.6 Å². The smallest absolute Gasteiger partial charge is 0.170 e. The van der Waals surface area contributed by atoms with Crippen LogP contribution in [0.3, 0.4) is 0 Å². The van der Waals surface area contributed by atoms with E-state index in [9.17, 15) is 0 Å². The molecule has 5 rings (SSSR count). The Morgan fingerprint density at radius 1 is 0.778 bits per heavy atom. The minimum Gasteiger partial charge on any atom is -0.463 e. The molecule has 132 valence electrons. The van der Waals surface area contributed by atoms with E-state index in [4.69, 9.17) is 9.15 Å². The second-order valence-corrected chi connectivity index (χ2v) is 7.03. The lowest BCUT2D eigenvalue weighted by molar-refractivity contribution is 0.0401. The maximum Gasteiger partial charge on any atom is 0.170 e. The molecule has 0 amide bonds. The molecule has 0 bridgehead atoms. The van der Waals surface area contributed by atoms with Gasteiger partial charge in [0.2, 0.25) is 0 Å². The van der Waals surface area contributed by atoms with Crippen LogP contribution in [0, 0.1) is 6.92 Å². The van der Waals surface area contributed by atoms with Crippen molar-refractivity contribution in [1.29, 1.82) is 0 Å². The molecule has 27 heavy (non-hydrogen) atoms. The lowest BCUT2D eigenvalue weighted by atomic mass is 9.89. The van der Waals surface area contributed by atoms with Crippen molar-refractivity contribution in [3.8, 4) is 0 Å². The predicted molar refractivity (Wildman–Crippen MR) is 109 cm³/mol. The third kappa shape index (κ3) is 2.70. The summed E-state index contributed by atoms with van der Waals surface area (Å²) >= 11 is 0. The zero-order chi connectivity index (χ0) is 18.3. The first kappa shape index (κ1) is 16.1. The lowest BCUT2D eigenvalue weighted by Crippen LogP contribution is -2.25. The number of aryl methyl sites for hydroxylation is 1. The Morgan fingerprint density at radius 3 is 2.33 bits per heavy atom. The highest BCUT2D eigenvalue weighted by Crippen LogP contribution is 2.43. The molecule has 2 nitrogen and oxygen atoms in total. The van der Waals surface area contributed by atoms with Crippen molar-refractivity contribution in [2.45, 2.75) is 12.5 Å². The van der Waals surface area contributed by atoms with Gasteiger partial charge in [-0.1, -0.05) is 66.7 Å². The monoisotopic (exact) mass is 352 g/mol. The van der Waals surface area contributed by atoms with E-state index < -0.39 is 5.60 Å². The maximum atomic E-state index is 6.42. The van der Waals surface area contributed by atoms with Crippen LogP contribution >= 0.6 is 0 Å². The summed E-state index contributed by atoms with van der Waals surface area (Å²) in [6.07, 6.45) is 2.21. The van der Waals surface area contributed by atoms with Crippen molar-refractivity contribution < 1.29 is 9.15 Å². The van der Waals surface area contributed by atoms with Gasteiger partial charge in [-0.25, -0.2) is 0 Å². The summed E-state index contributed by atoms with van der Waals surface area (Å²) in [5, 5.41) is 2.48. The Hall–Kier alpha value is -3.10. The van der Waals surface area contributed by atoms with Gasteiger partial charge in [0.05, 0.1) is 6.61 Å². The zero-order valence-corrected chi connectivity index (χ0v) is 15.2. The van der Waals surface area contributed by atoms with Crippen molar-refractivity contribution in [1.82, 2.24) is 0 Å². The molecular formula is C25H20O2. The van der Waals surface area contributed by atoms with Gasteiger partial charge in [0.15, 0.2) is 5.60 Å². The van der Waals surface area contributed by atoms with Crippen LogP contribution in [0.4, 0.5) is 0 Å². The van der Waals surface area contributed by atoms with Crippen LogP contribution < -0.4 is 0 Å². The molecule has 1 aliphatic heterocycles. The van der Waals surface area contributed by atoms with Gasteiger partial charge < -0.3 is 9.15 Å². The van der Waals surface area contributed by atoms with Crippen molar-refractivity contribution in [2.75, 3.05) is 6.61 Å². The van der Waals surface area contributed by atoms with Crippen molar-refractivity contribution in [3.05, 3.63) is 114 Å². The van der Waals surface area contributed by atoms with Gasteiger partial charge in [0.25, 0.3) is 0 Å². The van der Waals surface area contributed by atoms with Crippen molar-refractivity contribution in [2.24, 2.45) is 0 Å². The normalized spacial score (nSPS) is 19.4. The molecule has 0 spiro atoms. The molecule has 1 unspecified atom stereocenters. The Morgan fingerprint density at radius 2 is 1.56 bits per heavy atom. The van der Waals surface area contributed by atoms with Crippen LogP contribution in [0.15, 0.2) is 95.4 Å². The highest BCUT2D eigenvalue weighted by atomic mass is 16.5. The summed E-state index contributed by atoms with van der Waals surface area (Å²) in [6.45, 7) is 2.51. The van der Waals surface area contributed by atoms with Gasteiger partial charge in [0, 0.05) is 0 Å². The molecule has 4 aromatic rings. The van der Waals surface area contributed by atoms with Crippen molar-refractivity contribution in [3.63, 3.8) is 0 Å². The van der Waals surface area contributed by atoms with E-state index in [0.717, 1.165) is 17.1 Å². The number of fused-ring (bicyclic) bond motifs is 1. The lowest BCUT2D eigenvalue weighted by Gasteiger charge is -2.25. The average molecular weight is 352 g/mol. The summed E-state index contributed by atoms with van der Waals surface area (Å²) in [4.78, 5) is 0. The van der Waals surface area contributed by atoms with E-state index in [2.05, 4.69) is 60.7 Å². The number of hydrogen-bond acceptors (Lipinski definition) is 2. The molecule has 0 saturated heterocycles. The molecule has 0 saturated carbocycles. The minimum atomic E-state index is -0.684. The highest BCUT2D eigenvalue weighted by molar-refractivity contribution is 5.87. The van der Waals surface area contributed by atoms with Gasteiger partial charge in [-0.05, 0) is 58.7 Å². The average Bonchev–Trinajstić information content (AvgIpc) is 3.36. The van der Waals surface area contributed by atoms with E-state index in [0.29, 0.717) is 6.61 Å². The standard InChI is InChI=1S/C25H20O2/c1-18-11-14-24(27-18)25(23-9-3-2-4-10-23)16-22(17-26-25)21-13-12-19-7-5-6-8-20(19)15-21/h2-16H,17H2,1H3. The Kier molecular flexibility index (Phi) is 3.73. The molecule has 0 aliphatic carbocycles. The van der Waals surface area contributed by atoms with Gasteiger partial charge >= 0.3 is 0 Å². The first-order valence-corrected chi connectivity index (χ1v) is 9.22. The van der Waals surface area contributed by atoms with Crippen LogP contribution in [0.5, 0.6) is 0 Å². The fraction of sp³-hybridized carbons (Fsp3) is 0.120. The fourth-order valence-corrected chi connectivity index (χ4v) is 3.85. The van der Waals surface area contributed by atoms with Crippen LogP contribution in [0.2, 0.25) is 0 Å². The molecule has 2 heteroatoms. The second kappa shape index (κ2) is 6.26. The SMILES string of the molecule is Cc1ccc(C2(c3ccccc3)C=C(c3ccc4ccccc4c3)CO2)o1. The molecule has 0 N–H and O–H groups in total. The van der Waals surface area contributed by atoms with Crippen LogP contribution in [-0.4, -0.2) is 6.61 Å². The van der Waals surface area contributed by atoms with Gasteiger partial charge in [-0.3, -0.25) is 0 Å². The number of rotatable bonds is 3. The van der Waals surface area contributed by atoms with E-state index in [1.165, 1.54) is 21.9 Å². The molecular weight excluding hydrogens is 332 g/mol. The Bertz CT molecular complexity index is 1140. The highest BCUT2D eigenvalue weighted by Gasteiger charge is 2.41. The number of hydrogen-bond donors (Lipinski definition) is 0. The fourth-order valence-electron chi connectivity index (χ4n) is 3.85. The van der Waals surface area contributed by atoms with Crippen LogP contribution in [-0.2, 0) is 10.3 Å². The zero-order valence-electron chi connectivity index (χ0n) is 15.2. The third-order valence-corrected chi connectivity index (χ3v) is 5.26. The van der Waals surface area contributed by atoms with Gasteiger partial charge in [0.1, 0.15) is 11.5 Å². The molecule has 1 atom stereocenters. The number of ether oxygens (including phenoxy) is 1. The number of benzene rings is 3. The summed E-state index contributed by atoms with van der Waals surface area (Å²) in [5.41, 5.74) is 2.76. The van der Waals surface area contributed by atoms with E-state index in [-0.39, 0.29) is 0 Å². The van der Waals surface area contributed by atoms with Gasteiger partial charge in [-0.15, -0.1) is 0 Å². The quantitative estimate of drug-likeness (QED) is 0.444. The predicted octanol–water partition coefficient (Wildman–Crippen LogP) is 6.10. The maximum absolute atomic E-state index is 6.42. The molecule has 2 heterocycles. The topological polar surface area (TPSA) is 22.4 Å². The Balaban J connectivity index is 1.66. The first-order chi connectivity index (χ1) is 13.2. The third-order valence-electron chi connectivity index (χ3n) is 5.26. The summed E-state index contributed by atoms with van der Waals surface area (Å²) in [6, 6.07) is 29.3. The largest absolute Gasteiger partial charge is 0.463 e. The summed E-state index contributed by atoms with van der Waals surface area (Å²) in [7, 11) is 0. The molecule has 3 aromatic carbocycles. The van der Waals surface area contributed by atoms with E-state index in [1.54, 1.807) is 0 Å². The molecule has 0 radical (unpaired) electrons. The van der Waals surface area contributed by atoms with Crippen LogP contribution in [0.25, 0.3) is 16.3 Å². The molecule has 1 aliphatic rings. The van der Waals surface area contributed by atoms with E-state index >= 15 is 0 Å². The van der Waals surface area contributed by atoms with Gasteiger partial charge in [-0.2, -0.15) is 0 Å². The van der Waals surface area contributed by atoms with Crippen molar-refractivity contribution >= 4 is 16.3 Å². The summed E-state index contributed by atoms with van der Waals surface area (Å²) in [5.74, 6) is 1.71. The second-order valence-electron chi connectivity index (χ2n) is 7.03. The molecule has 0 fully saturated rings.